The van der Waals surface area contributed by atoms with Crippen molar-refractivity contribution in [3.05, 3.63) is 53.6 Å². The third-order valence-electron chi connectivity index (χ3n) is 4.68. The SMILES string of the molecule is Nc1ccc(CC(=O)NC(c2ccc3c(c2)OCCO3)C2CC2)cc1. The Morgan fingerprint density at radius 3 is 2.52 bits per heavy atom. The fourth-order valence-electron chi connectivity index (χ4n) is 3.20. The van der Waals surface area contributed by atoms with Gasteiger partial charge in [0.2, 0.25) is 5.91 Å². The lowest BCUT2D eigenvalue weighted by atomic mass is 10.0. The quantitative estimate of drug-likeness (QED) is 0.822. The molecular weight excluding hydrogens is 316 g/mol. The molecule has 1 aliphatic carbocycles. The number of ether oxygens (including phenoxy) is 2. The van der Waals surface area contributed by atoms with Crippen LogP contribution in [0.4, 0.5) is 5.69 Å². The van der Waals surface area contributed by atoms with Gasteiger partial charge in [0.25, 0.3) is 0 Å². The number of carbonyl (C=O) groups excluding carboxylic acids is 1. The van der Waals surface area contributed by atoms with Crippen LogP contribution in [0.1, 0.15) is 30.0 Å². The number of rotatable bonds is 5. The molecule has 0 saturated heterocycles. The molecule has 1 unspecified atom stereocenters. The van der Waals surface area contributed by atoms with E-state index in [1.165, 1.54) is 0 Å². The molecule has 0 radical (unpaired) electrons. The summed E-state index contributed by atoms with van der Waals surface area (Å²) in [5, 5.41) is 3.20. The second-order valence-corrected chi connectivity index (χ2v) is 6.70. The monoisotopic (exact) mass is 338 g/mol. The summed E-state index contributed by atoms with van der Waals surface area (Å²) in [6.07, 6.45) is 2.64. The number of benzene rings is 2. The van der Waals surface area contributed by atoms with Crippen molar-refractivity contribution in [3.63, 3.8) is 0 Å². The molecule has 4 rings (SSSR count). The van der Waals surface area contributed by atoms with E-state index >= 15 is 0 Å². The van der Waals surface area contributed by atoms with Crippen LogP contribution in [0.15, 0.2) is 42.5 Å². The third-order valence-corrected chi connectivity index (χ3v) is 4.68. The first-order chi connectivity index (χ1) is 12.2. The lowest BCUT2D eigenvalue weighted by Crippen LogP contribution is -2.31. The first-order valence-corrected chi connectivity index (χ1v) is 8.72. The van der Waals surface area contributed by atoms with Crippen LogP contribution in [0.2, 0.25) is 0 Å². The van der Waals surface area contributed by atoms with Crippen LogP contribution in [0.5, 0.6) is 11.5 Å². The van der Waals surface area contributed by atoms with E-state index in [0.29, 0.717) is 31.2 Å². The highest BCUT2D eigenvalue weighted by molar-refractivity contribution is 5.79. The van der Waals surface area contributed by atoms with Crippen LogP contribution in [0.3, 0.4) is 0 Å². The van der Waals surface area contributed by atoms with Crippen LogP contribution in [0, 0.1) is 5.92 Å². The van der Waals surface area contributed by atoms with Gasteiger partial charge in [0.15, 0.2) is 11.5 Å². The van der Waals surface area contributed by atoms with Crippen molar-refractivity contribution in [2.75, 3.05) is 18.9 Å². The minimum atomic E-state index is 0.0246. The molecule has 2 aromatic carbocycles. The number of hydrogen-bond acceptors (Lipinski definition) is 4. The van der Waals surface area contributed by atoms with Crippen LogP contribution in [-0.2, 0) is 11.2 Å². The highest BCUT2D eigenvalue weighted by Crippen LogP contribution is 2.43. The summed E-state index contributed by atoms with van der Waals surface area (Å²) in [6, 6.07) is 13.4. The van der Waals surface area contributed by atoms with E-state index in [2.05, 4.69) is 5.32 Å². The van der Waals surface area contributed by atoms with Gasteiger partial charge in [-0.2, -0.15) is 0 Å². The Morgan fingerprint density at radius 2 is 1.80 bits per heavy atom. The maximum atomic E-state index is 12.5. The molecule has 0 aromatic heterocycles. The van der Waals surface area contributed by atoms with E-state index in [-0.39, 0.29) is 11.9 Å². The summed E-state index contributed by atoms with van der Waals surface area (Å²) in [7, 11) is 0. The van der Waals surface area contributed by atoms with Crippen molar-refractivity contribution in [3.8, 4) is 11.5 Å². The second-order valence-electron chi connectivity index (χ2n) is 6.70. The first kappa shape index (κ1) is 15.8. The molecular formula is C20H22N2O3. The van der Waals surface area contributed by atoms with Gasteiger partial charge in [0.05, 0.1) is 12.5 Å². The second kappa shape index (κ2) is 6.67. The molecule has 5 nitrogen and oxygen atoms in total. The molecule has 2 aliphatic rings. The Hall–Kier alpha value is -2.69. The average Bonchev–Trinajstić information content (AvgIpc) is 3.46. The molecule has 0 bridgehead atoms. The first-order valence-electron chi connectivity index (χ1n) is 8.72. The maximum Gasteiger partial charge on any atom is 0.224 e. The van der Waals surface area contributed by atoms with Crippen LogP contribution in [-0.4, -0.2) is 19.1 Å². The van der Waals surface area contributed by atoms with E-state index in [1.54, 1.807) is 0 Å². The molecule has 1 atom stereocenters. The van der Waals surface area contributed by atoms with E-state index in [9.17, 15) is 4.79 Å². The highest BCUT2D eigenvalue weighted by Gasteiger charge is 2.34. The van der Waals surface area contributed by atoms with Gasteiger partial charge in [0, 0.05) is 5.69 Å². The zero-order chi connectivity index (χ0) is 17.2. The number of fused-ring (bicyclic) bond motifs is 1. The average molecular weight is 338 g/mol. The van der Waals surface area contributed by atoms with E-state index < -0.39 is 0 Å². The Kier molecular flexibility index (Phi) is 4.22. The van der Waals surface area contributed by atoms with Gasteiger partial charge < -0.3 is 20.5 Å². The summed E-state index contributed by atoms with van der Waals surface area (Å²) < 4.78 is 11.3. The normalized spacial score (nSPS) is 17.0. The van der Waals surface area contributed by atoms with Gasteiger partial charge in [-0.3, -0.25) is 4.79 Å². The molecule has 5 heteroatoms. The van der Waals surface area contributed by atoms with Gasteiger partial charge in [-0.25, -0.2) is 0 Å². The predicted octanol–water partition coefficient (Wildman–Crippen LogP) is 2.85. The lowest BCUT2D eigenvalue weighted by Gasteiger charge is -2.23. The number of amides is 1. The van der Waals surface area contributed by atoms with E-state index in [4.69, 9.17) is 15.2 Å². The standard InChI is InChI=1S/C20H22N2O3/c21-16-6-1-13(2-7-16)11-19(23)22-20(14-3-4-14)15-5-8-17-18(12-15)25-10-9-24-17/h1-2,5-8,12,14,20H,3-4,9-11,21H2,(H,22,23). The fourth-order valence-corrected chi connectivity index (χ4v) is 3.20. The van der Waals surface area contributed by atoms with Crippen molar-refractivity contribution < 1.29 is 14.3 Å². The zero-order valence-corrected chi connectivity index (χ0v) is 14.0. The molecule has 1 aliphatic heterocycles. The lowest BCUT2D eigenvalue weighted by molar-refractivity contribution is -0.121. The van der Waals surface area contributed by atoms with Crippen molar-refractivity contribution in [2.45, 2.75) is 25.3 Å². The maximum absolute atomic E-state index is 12.5. The topological polar surface area (TPSA) is 73.6 Å². The highest BCUT2D eigenvalue weighted by atomic mass is 16.6. The van der Waals surface area contributed by atoms with E-state index in [1.807, 2.05) is 42.5 Å². The van der Waals surface area contributed by atoms with Crippen molar-refractivity contribution in [1.29, 1.82) is 0 Å². The number of anilines is 1. The summed E-state index contributed by atoms with van der Waals surface area (Å²) in [5.41, 5.74) is 8.44. The molecule has 1 saturated carbocycles. The van der Waals surface area contributed by atoms with Gasteiger partial charge in [-0.15, -0.1) is 0 Å². The third kappa shape index (κ3) is 3.71. The number of nitrogen functional groups attached to an aromatic ring is 1. The Morgan fingerprint density at radius 1 is 1.08 bits per heavy atom. The smallest absolute Gasteiger partial charge is 0.224 e. The van der Waals surface area contributed by atoms with Crippen LogP contribution < -0.4 is 20.5 Å². The summed E-state index contributed by atoms with van der Waals surface area (Å²) in [5.74, 6) is 2.06. The number of hydrogen-bond donors (Lipinski definition) is 2. The zero-order valence-electron chi connectivity index (χ0n) is 14.0. The van der Waals surface area contributed by atoms with E-state index in [0.717, 1.165) is 35.5 Å². The number of carbonyl (C=O) groups is 1. The number of nitrogens with two attached hydrogens (primary N) is 1. The molecule has 1 fully saturated rings. The van der Waals surface area contributed by atoms with Gasteiger partial charge in [-0.1, -0.05) is 18.2 Å². The Labute approximate surface area is 147 Å². The summed E-state index contributed by atoms with van der Waals surface area (Å²) >= 11 is 0. The molecule has 1 amide bonds. The summed E-state index contributed by atoms with van der Waals surface area (Å²) in [6.45, 7) is 1.14. The largest absolute Gasteiger partial charge is 0.486 e. The Bertz CT molecular complexity index is 769. The van der Waals surface area contributed by atoms with Crippen LogP contribution >= 0.6 is 0 Å². The minimum Gasteiger partial charge on any atom is -0.486 e. The van der Waals surface area contributed by atoms with Gasteiger partial charge in [-0.05, 0) is 54.2 Å². The van der Waals surface area contributed by atoms with Crippen LogP contribution in [0.25, 0.3) is 0 Å². The minimum absolute atomic E-state index is 0.0246. The van der Waals surface area contributed by atoms with Gasteiger partial charge >= 0.3 is 0 Å². The molecule has 3 N–H and O–H groups in total. The predicted molar refractivity (Wildman–Crippen MR) is 95.6 cm³/mol. The van der Waals surface area contributed by atoms with Crippen molar-refractivity contribution in [1.82, 2.24) is 5.32 Å². The Balaban J connectivity index is 1.48. The molecule has 2 aromatic rings. The molecule has 25 heavy (non-hydrogen) atoms. The molecule has 0 spiro atoms. The van der Waals surface area contributed by atoms with Crippen molar-refractivity contribution >= 4 is 11.6 Å². The van der Waals surface area contributed by atoms with Crippen molar-refractivity contribution in [2.24, 2.45) is 5.92 Å². The number of nitrogens with one attached hydrogen (secondary N) is 1. The molecule has 130 valence electrons. The summed E-state index contributed by atoms with van der Waals surface area (Å²) in [4.78, 5) is 12.5. The fraction of sp³-hybridized carbons (Fsp3) is 0.350. The molecule has 1 heterocycles. The van der Waals surface area contributed by atoms with Gasteiger partial charge in [0.1, 0.15) is 13.2 Å².